The van der Waals surface area contributed by atoms with Crippen LogP contribution in [0.2, 0.25) is 0 Å². The van der Waals surface area contributed by atoms with Gasteiger partial charge in [-0.2, -0.15) is 5.26 Å². The van der Waals surface area contributed by atoms with Gasteiger partial charge in [0.25, 0.3) is 0 Å². The maximum atomic E-state index is 9.01. The molecule has 3 heteroatoms. The third kappa shape index (κ3) is 7.26. The van der Waals surface area contributed by atoms with Gasteiger partial charge < -0.3 is 10.2 Å². The number of piperidine rings is 1. The number of nitrogens with one attached hydrogen (secondary N) is 1. The van der Waals surface area contributed by atoms with Crippen molar-refractivity contribution in [2.45, 2.75) is 65.8 Å². The number of rotatable bonds is 8. The molecule has 0 aromatic carbocycles. The van der Waals surface area contributed by atoms with Gasteiger partial charge >= 0.3 is 0 Å². The molecule has 1 N–H and O–H groups in total. The zero-order chi connectivity index (χ0) is 15.0. The van der Waals surface area contributed by atoms with Crippen LogP contribution < -0.4 is 5.32 Å². The van der Waals surface area contributed by atoms with Crippen molar-refractivity contribution in [3.8, 4) is 6.07 Å². The molecule has 1 rings (SSSR count). The fourth-order valence-electron chi connectivity index (χ4n) is 2.88. The minimum atomic E-state index is -0.147. The molecule has 1 fully saturated rings. The Morgan fingerprint density at radius 2 is 2.10 bits per heavy atom. The van der Waals surface area contributed by atoms with Crippen molar-refractivity contribution >= 4 is 0 Å². The van der Waals surface area contributed by atoms with Gasteiger partial charge in [0.15, 0.2) is 0 Å². The summed E-state index contributed by atoms with van der Waals surface area (Å²) < 4.78 is 0. The van der Waals surface area contributed by atoms with E-state index < -0.39 is 0 Å². The van der Waals surface area contributed by atoms with Crippen LogP contribution in [0.1, 0.15) is 59.8 Å². The molecule has 0 bridgehead atoms. The highest BCUT2D eigenvalue weighted by atomic mass is 15.1. The molecule has 1 aliphatic rings. The van der Waals surface area contributed by atoms with Crippen LogP contribution in [0.3, 0.4) is 0 Å². The summed E-state index contributed by atoms with van der Waals surface area (Å²) in [5, 5.41) is 12.6. The highest BCUT2D eigenvalue weighted by Crippen LogP contribution is 2.22. The molecule has 1 unspecified atom stereocenters. The quantitative estimate of drug-likeness (QED) is 0.692. The minimum Gasteiger partial charge on any atom is -0.314 e. The molecule has 3 nitrogen and oxygen atoms in total. The Kier molecular flexibility index (Phi) is 7.55. The molecule has 20 heavy (non-hydrogen) atoms. The van der Waals surface area contributed by atoms with E-state index in [1.54, 1.807) is 0 Å². The Morgan fingerprint density at radius 3 is 2.75 bits per heavy atom. The van der Waals surface area contributed by atoms with E-state index in [0.29, 0.717) is 6.04 Å². The Labute approximate surface area is 125 Å². The van der Waals surface area contributed by atoms with E-state index in [9.17, 15) is 0 Å². The highest BCUT2D eigenvalue weighted by Gasteiger charge is 2.20. The molecule has 0 aliphatic carbocycles. The molecule has 0 radical (unpaired) electrons. The van der Waals surface area contributed by atoms with Gasteiger partial charge in [-0.1, -0.05) is 20.3 Å². The highest BCUT2D eigenvalue weighted by molar-refractivity contribution is 4.91. The van der Waals surface area contributed by atoms with Gasteiger partial charge in [0.2, 0.25) is 0 Å². The smallest absolute Gasteiger partial charge is 0.0683 e. The fourth-order valence-corrected chi connectivity index (χ4v) is 2.88. The van der Waals surface area contributed by atoms with Crippen molar-refractivity contribution < 1.29 is 0 Å². The SMILES string of the molecule is CC(C)NCC1CCCN(CCCCC(C)(C)C#N)C1. The zero-order valence-electron chi connectivity index (χ0n) is 13.9. The van der Waals surface area contributed by atoms with Gasteiger partial charge in [0.1, 0.15) is 0 Å². The molecular formula is C17H33N3. The predicted molar refractivity (Wildman–Crippen MR) is 85.5 cm³/mol. The Bertz CT molecular complexity index is 304. The van der Waals surface area contributed by atoms with Gasteiger partial charge in [0, 0.05) is 12.6 Å². The van der Waals surface area contributed by atoms with Gasteiger partial charge in [0.05, 0.1) is 11.5 Å². The van der Waals surface area contributed by atoms with Crippen LogP contribution in [-0.4, -0.2) is 37.1 Å². The molecule has 0 aromatic heterocycles. The van der Waals surface area contributed by atoms with E-state index >= 15 is 0 Å². The van der Waals surface area contributed by atoms with Crippen molar-refractivity contribution in [3.63, 3.8) is 0 Å². The lowest BCUT2D eigenvalue weighted by Gasteiger charge is -2.33. The average molecular weight is 279 g/mol. The predicted octanol–water partition coefficient (Wildman–Crippen LogP) is 3.42. The summed E-state index contributed by atoms with van der Waals surface area (Å²) in [4.78, 5) is 2.62. The maximum absolute atomic E-state index is 9.01. The normalized spacial score (nSPS) is 21.1. The summed E-state index contributed by atoms with van der Waals surface area (Å²) in [5.41, 5.74) is -0.147. The van der Waals surface area contributed by atoms with Crippen LogP contribution in [0.25, 0.3) is 0 Å². The first-order chi connectivity index (χ1) is 9.43. The minimum absolute atomic E-state index is 0.147. The van der Waals surface area contributed by atoms with Gasteiger partial charge in [-0.25, -0.2) is 0 Å². The van der Waals surface area contributed by atoms with E-state index in [4.69, 9.17) is 5.26 Å². The lowest BCUT2D eigenvalue weighted by Crippen LogP contribution is -2.41. The number of hydrogen-bond donors (Lipinski definition) is 1. The Balaban J connectivity index is 2.16. The summed E-state index contributed by atoms with van der Waals surface area (Å²) in [6.07, 6.45) is 6.14. The maximum Gasteiger partial charge on any atom is 0.0683 e. The summed E-state index contributed by atoms with van der Waals surface area (Å²) >= 11 is 0. The van der Waals surface area contributed by atoms with Crippen LogP contribution in [0.15, 0.2) is 0 Å². The number of unbranched alkanes of at least 4 members (excludes halogenated alkanes) is 1. The largest absolute Gasteiger partial charge is 0.314 e. The Hall–Kier alpha value is -0.590. The molecule has 0 spiro atoms. The summed E-state index contributed by atoms with van der Waals surface area (Å²) in [5.74, 6) is 0.821. The second kappa shape index (κ2) is 8.64. The van der Waals surface area contributed by atoms with Crippen molar-refractivity contribution in [1.82, 2.24) is 10.2 Å². The third-order valence-electron chi connectivity index (χ3n) is 4.25. The van der Waals surface area contributed by atoms with Crippen LogP contribution in [0.4, 0.5) is 0 Å². The van der Waals surface area contributed by atoms with E-state index in [2.05, 4.69) is 30.1 Å². The number of nitriles is 1. The molecular weight excluding hydrogens is 246 g/mol. The van der Waals surface area contributed by atoms with E-state index in [1.807, 2.05) is 13.8 Å². The molecule has 116 valence electrons. The lowest BCUT2D eigenvalue weighted by molar-refractivity contribution is 0.167. The second-order valence-corrected chi connectivity index (χ2v) is 7.32. The number of nitrogens with zero attached hydrogens (tertiary/aromatic N) is 2. The fraction of sp³-hybridized carbons (Fsp3) is 0.941. The van der Waals surface area contributed by atoms with Crippen molar-refractivity contribution in [1.29, 1.82) is 5.26 Å². The van der Waals surface area contributed by atoms with Crippen LogP contribution in [0.5, 0.6) is 0 Å². The lowest BCUT2D eigenvalue weighted by atomic mass is 9.89. The molecule has 1 saturated heterocycles. The topological polar surface area (TPSA) is 39.1 Å². The average Bonchev–Trinajstić information content (AvgIpc) is 2.42. The third-order valence-corrected chi connectivity index (χ3v) is 4.25. The van der Waals surface area contributed by atoms with E-state index in [0.717, 1.165) is 18.9 Å². The van der Waals surface area contributed by atoms with Crippen LogP contribution in [0, 0.1) is 22.7 Å². The van der Waals surface area contributed by atoms with Crippen LogP contribution >= 0.6 is 0 Å². The molecule has 1 atom stereocenters. The summed E-state index contributed by atoms with van der Waals surface area (Å²) in [7, 11) is 0. The van der Waals surface area contributed by atoms with Gasteiger partial charge in [-0.15, -0.1) is 0 Å². The first-order valence-electron chi connectivity index (χ1n) is 8.30. The van der Waals surface area contributed by atoms with Gasteiger partial charge in [-0.3, -0.25) is 0 Å². The molecule has 1 heterocycles. The number of hydrogen-bond acceptors (Lipinski definition) is 3. The van der Waals surface area contributed by atoms with E-state index in [-0.39, 0.29) is 5.41 Å². The zero-order valence-corrected chi connectivity index (χ0v) is 13.9. The summed E-state index contributed by atoms with van der Waals surface area (Å²) in [6, 6.07) is 2.99. The molecule has 0 amide bonds. The number of likely N-dealkylation sites (tertiary alicyclic amines) is 1. The summed E-state index contributed by atoms with van der Waals surface area (Å²) in [6.45, 7) is 13.4. The molecule has 0 aromatic rings. The standard InChI is InChI=1S/C17H33N3/c1-15(2)19-12-16-8-7-11-20(13-16)10-6-5-9-17(3,4)14-18/h15-16,19H,5-13H2,1-4H3. The van der Waals surface area contributed by atoms with Crippen molar-refractivity contribution in [2.24, 2.45) is 11.3 Å². The van der Waals surface area contributed by atoms with Crippen molar-refractivity contribution in [2.75, 3.05) is 26.2 Å². The molecule has 0 saturated carbocycles. The Morgan fingerprint density at radius 1 is 1.35 bits per heavy atom. The van der Waals surface area contributed by atoms with Crippen LogP contribution in [-0.2, 0) is 0 Å². The molecule has 1 aliphatic heterocycles. The monoisotopic (exact) mass is 279 g/mol. The van der Waals surface area contributed by atoms with Crippen molar-refractivity contribution in [3.05, 3.63) is 0 Å². The van der Waals surface area contributed by atoms with Gasteiger partial charge in [-0.05, 0) is 65.1 Å². The first kappa shape index (κ1) is 17.5. The van der Waals surface area contributed by atoms with E-state index in [1.165, 1.54) is 45.3 Å². The first-order valence-corrected chi connectivity index (χ1v) is 8.30. The second-order valence-electron chi connectivity index (χ2n) is 7.32.